The molecule has 1 aromatic rings. The van der Waals surface area contributed by atoms with E-state index < -0.39 is 0 Å². The summed E-state index contributed by atoms with van der Waals surface area (Å²) in [6.45, 7) is 3.86. The Morgan fingerprint density at radius 3 is 3.25 bits per heavy atom. The van der Waals surface area contributed by atoms with Crippen molar-refractivity contribution in [3.05, 3.63) is 36.5 Å². The van der Waals surface area contributed by atoms with Crippen LogP contribution in [0.3, 0.4) is 0 Å². The summed E-state index contributed by atoms with van der Waals surface area (Å²) in [5, 5.41) is 8.62. The van der Waals surface area contributed by atoms with E-state index in [9.17, 15) is 0 Å². The second-order valence-electron chi connectivity index (χ2n) is 2.07. The Kier molecular flexibility index (Phi) is 2.86. The highest BCUT2D eigenvalue weighted by Crippen LogP contribution is 2.11. The summed E-state index contributed by atoms with van der Waals surface area (Å²) in [7, 11) is 0. The third-order valence-electron chi connectivity index (χ3n) is 1.23. The minimum atomic E-state index is 0.361. The van der Waals surface area contributed by atoms with Crippen molar-refractivity contribution in [3.8, 4) is 11.9 Å². The quantitative estimate of drug-likeness (QED) is 0.630. The molecule has 0 aliphatic carbocycles. The highest BCUT2D eigenvalue weighted by molar-refractivity contribution is 5.36. The number of hydrogen-bond acceptors (Lipinski definition) is 3. The molecule has 60 valence electrons. The van der Waals surface area contributed by atoms with Gasteiger partial charge in [-0.1, -0.05) is 12.7 Å². The van der Waals surface area contributed by atoms with Crippen LogP contribution in [0.2, 0.25) is 0 Å². The second kappa shape index (κ2) is 4.14. The number of rotatable bonds is 3. The van der Waals surface area contributed by atoms with Gasteiger partial charge < -0.3 is 4.74 Å². The van der Waals surface area contributed by atoms with Crippen molar-refractivity contribution in [2.45, 2.75) is 0 Å². The first-order valence-electron chi connectivity index (χ1n) is 3.47. The van der Waals surface area contributed by atoms with Gasteiger partial charge in [-0.05, 0) is 12.1 Å². The average Bonchev–Trinajstić information content (AvgIpc) is 2.15. The zero-order valence-electron chi connectivity index (χ0n) is 6.53. The maximum Gasteiger partial charge on any atom is 0.231 e. The van der Waals surface area contributed by atoms with Crippen molar-refractivity contribution < 1.29 is 4.74 Å². The molecule has 0 amide bonds. The number of hydrogen-bond donors (Lipinski definition) is 0. The van der Waals surface area contributed by atoms with Gasteiger partial charge >= 0.3 is 0 Å². The summed E-state index contributed by atoms with van der Waals surface area (Å²) in [5.74, 6) is 0.361. The van der Waals surface area contributed by atoms with E-state index in [-0.39, 0.29) is 0 Å². The first-order valence-corrected chi connectivity index (χ1v) is 3.47. The predicted octanol–water partition coefficient (Wildman–Crippen LogP) is 1.52. The minimum absolute atomic E-state index is 0.361. The summed E-state index contributed by atoms with van der Waals surface area (Å²) >= 11 is 0. The maximum atomic E-state index is 8.62. The van der Waals surface area contributed by atoms with Crippen molar-refractivity contribution >= 4 is 0 Å². The molecule has 0 spiro atoms. The fraction of sp³-hybridized carbons (Fsp3) is 0.111. The number of aromatic nitrogens is 1. The van der Waals surface area contributed by atoms with Crippen molar-refractivity contribution in [1.82, 2.24) is 4.98 Å². The summed E-state index contributed by atoms with van der Waals surface area (Å²) < 4.78 is 5.13. The van der Waals surface area contributed by atoms with Crippen LogP contribution in [0.5, 0.6) is 5.88 Å². The van der Waals surface area contributed by atoms with Crippen LogP contribution in [0.1, 0.15) is 5.56 Å². The van der Waals surface area contributed by atoms with Gasteiger partial charge in [-0.2, -0.15) is 5.26 Å². The van der Waals surface area contributed by atoms with Crippen LogP contribution in [-0.2, 0) is 0 Å². The fourth-order valence-electron chi connectivity index (χ4n) is 0.729. The van der Waals surface area contributed by atoms with Crippen molar-refractivity contribution in [1.29, 1.82) is 5.26 Å². The largest absolute Gasteiger partial charge is 0.473 e. The molecule has 1 aromatic heterocycles. The molecule has 0 saturated heterocycles. The molecule has 1 rings (SSSR count). The molecule has 0 aliphatic heterocycles. The van der Waals surface area contributed by atoms with Gasteiger partial charge in [0.1, 0.15) is 18.2 Å². The third-order valence-corrected chi connectivity index (χ3v) is 1.23. The van der Waals surface area contributed by atoms with Crippen LogP contribution in [0.4, 0.5) is 0 Å². The lowest BCUT2D eigenvalue weighted by Gasteiger charge is -2.01. The number of ether oxygens (including phenoxy) is 1. The zero-order chi connectivity index (χ0) is 8.81. The molecule has 0 fully saturated rings. The van der Waals surface area contributed by atoms with Crippen molar-refractivity contribution in [3.63, 3.8) is 0 Å². The molecule has 3 nitrogen and oxygen atoms in total. The smallest absolute Gasteiger partial charge is 0.231 e. The molecule has 0 unspecified atom stereocenters. The van der Waals surface area contributed by atoms with Gasteiger partial charge in [0.25, 0.3) is 0 Å². The zero-order valence-corrected chi connectivity index (χ0v) is 6.53. The molecule has 0 radical (unpaired) electrons. The Morgan fingerprint density at radius 2 is 2.58 bits per heavy atom. The van der Waals surface area contributed by atoms with Crippen LogP contribution < -0.4 is 4.74 Å². The Hall–Kier alpha value is -1.82. The summed E-state index contributed by atoms with van der Waals surface area (Å²) in [5.41, 5.74) is 0.444. The summed E-state index contributed by atoms with van der Waals surface area (Å²) in [6, 6.07) is 5.33. The molecule has 0 saturated carbocycles. The van der Waals surface area contributed by atoms with Crippen LogP contribution in [0.25, 0.3) is 0 Å². The van der Waals surface area contributed by atoms with E-state index in [1.54, 1.807) is 24.4 Å². The van der Waals surface area contributed by atoms with Crippen molar-refractivity contribution in [2.75, 3.05) is 6.61 Å². The fourth-order valence-corrected chi connectivity index (χ4v) is 0.729. The van der Waals surface area contributed by atoms with E-state index in [1.807, 2.05) is 6.07 Å². The monoisotopic (exact) mass is 160 g/mol. The first kappa shape index (κ1) is 8.28. The van der Waals surface area contributed by atoms with E-state index in [4.69, 9.17) is 10.00 Å². The molecule has 3 heteroatoms. The highest BCUT2D eigenvalue weighted by atomic mass is 16.5. The Morgan fingerprint density at radius 1 is 1.75 bits per heavy atom. The molecule has 0 bridgehead atoms. The van der Waals surface area contributed by atoms with E-state index in [1.165, 1.54) is 0 Å². The van der Waals surface area contributed by atoms with E-state index in [2.05, 4.69) is 11.6 Å². The van der Waals surface area contributed by atoms with Gasteiger partial charge in [0.15, 0.2) is 0 Å². The van der Waals surface area contributed by atoms with Crippen LogP contribution in [0.15, 0.2) is 31.0 Å². The molecule has 0 aliphatic rings. The molecular formula is C9H8N2O. The van der Waals surface area contributed by atoms with E-state index in [0.717, 1.165) is 0 Å². The topological polar surface area (TPSA) is 45.9 Å². The standard InChI is InChI=1S/C9H8N2O/c1-2-6-12-9-8(7-10)4-3-5-11-9/h2-5H,1,6H2. The lowest BCUT2D eigenvalue weighted by molar-refractivity contribution is 0.347. The van der Waals surface area contributed by atoms with Crippen LogP contribution >= 0.6 is 0 Å². The van der Waals surface area contributed by atoms with Crippen molar-refractivity contribution in [2.24, 2.45) is 0 Å². The highest BCUT2D eigenvalue weighted by Gasteiger charge is 2.00. The van der Waals surface area contributed by atoms with E-state index >= 15 is 0 Å². The average molecular weight is 160 g/mol. The van der Waals surface area contributed by atoms with E-state index in [0.29, 0.717) is 18.1 Å². The van der Waals surface area contributed by atoms with Crippen LogP contribution in [-0.4, -0.2) is 11.6 Å². The maximum absolute atomic E-state index is 8.62. The first-order chi connectivity index (χ1) is 5.88. The molecule has 12 heavy (non-hydrogen) atoms. The second-order valence-corrected chi connectivity index (χ2v) is 2.07. The summed E-state index contributed by atoms with van der Waals surface area (Å²) in [6.07, 6.45) is 3.19. The molecule has 1 heterocycles. The molecular weight excluding hydrogens is 152 g/mol. The van der Waals surface area contributed by atoms with Gasteiger partial charge in [0, 0.05) is 6.20 Å². The lowest BCUT2D eigenvalue weighted by Crippen LogP contribution is -1.97. The van der Waals surface area contributed by atoms with Crippen LogP contribution in [0, 0.1) is 11.3 Å². The van der Waals surface area contributed by atoms with Gasteiger partial charge in [0.2, 0.25) is 5.88 Å². The minimum Gasteiger partial charge on any atom is -0.473 e. The normalized spacial score (nSPS) is 8.58. The molecule has 0 aromatic carbocycles. The van der Waals surface area contributed by atoms with Gasteiger partial charge in [0.05, 0.1) is 0 Å². The Balaban J connectivity index is 2.83. The number of nitriles is 1. The Bertz CT molecular complexity index is 315. The number of pyridine rings is 1. The van der Waals surface area contributed by atoms with Gasteiger partial charge in [-0.25, -0.2) is 4.98 Å². The molecule has 0 atom stereocenters. The van der Waals surface area contributed by atoms with Gasteiger partial charge in [-0.15, -0.1) is 0 Å². The third kappa shape index (κ3) is 1.83. The predicted molar refractivity (Wildman–Crippen MR) is 44.6 cm³/mol. The molecule has 0 N–H and O–H groups in total. The summed E-state index contributed by atoms with van der Waals surface area (Å²) in [4.78, 5) is 3.89. The number of nitrogens with zero attached hydrogens (tertiary/aromatic N) is 2. The Labute approximate surface area is 70.9 Å². The van der Waals surface area contributed by atoms with Gasteiger partial charge in [-0.3, -0.25) is 0 Å². The SMILES string of the molecule is C=CCOc1ncccc1C#N. The lowest BCUT2D eigenvalue weighted by atomic mass is 10.3.